The number of aromatic nitrogens is 2. The first-order valence-corrected chi connectivity index (χ1v) is 8.86. The first-order valence-electron chi connectivity index (χ1n) is 7.19. The Morgan fingerprint density at radius 1 is 1.40 bits per heavy atom. The van der Waals surface area contributed by atoms with Crippen molar-refractivity contribution < 1.29 is 13.7 Å². The van der Waals surface area contributed by atoms with Gasteiger partial charge in [-0.3, -0.25) is 4.79 Å². The average Bonchev–Trinajstić information content (AvgIpc) is 3.27. The second-order valence-electron chi connectivity index (χ2n) is 5.27. The monoisotopic (exact) mass is 418 g/mol. The van der Waals surface area contributed by atoms with Crippen molar-refractivity contribution >= 4 is 55.0 Å². The van der Waals surface area contributed by atoms with E-state index in [2.05, 4.69) is 31.4 Å². The summed E-state index contributed by atoms with van der Waals surface area (Å²) in [6.07, 6.45) is 1.38. The Hall–Kier alpha value is -2.65. The zero-order valence-corrected chi connectivity index (χ0v) is 15.3. The Kier molecular flexibility index (Phi) is 3.81. The third kappa shape index (κ3) is 2.81. The van der Waals surface area contributed by atoms with Gasteiger partial charge in [-0.25, -0.2) is 4.98 Å². The number of nitrogens with two attached hydrogens (primary N) is 1. The number of hydrogen-bond acceptors (Lipinski definition) is 7. The Balaban J connectivity index is 1.86. The van der Waals surface area contributed by atoms with E-state index in [1.165, 1.54) is 17.5 Å². The van der Waals surface area contributed by atoms with Crippen molar-refractivity contribution in [2.45, 2.75) is 6.92 Å². The Bertz CT molecular complexity index is 1100. The van der Waals surface area contributed by atoms with Gasteiger partial charge in [0.2, 0.25) is 0 Å². The minimum absolute atomic E-state index is 0.342. The molecule has 1 amide bonds. The molecular weight excluding hydrogens is 408 g/mol. The maximum absolute atomic E-state index is 12.6. The number of fused-ring (bicyclic) bond motifs is 1. The number of aryl methyl sites for hydroxylation is 1. The Labute approximate surface area is 153 Å². The third-order valence-electron chi connectivity index (χ3n) is 3.64. The van der Waals surface area contributed by atoms with Crippen LogP contribution in [0.25, 0.3) is 22.4 Å². The summed E-state index contributed by atoms with van der Waals surface area (Å²) in [6.45, 7) is 1.67. The van der Waals surface area contributed by atoms with Crippen LogP contribution >= 0.6 is 27.3 Å². The molecule has 25 heavy (non-hydrogen) atoms. The predicted molar refractivity (Wildman–Crippen MR) is 98.6 cm³/mol. The van der Waals surface area contributed by atoms with E-state index in [1.54, 1.807) is 12.3 Å². The van der Waals surface area contributed by atoms with Crippen LogP contribution in [0.5, 0.6) is 0 Å². The van der Waals surface area contributed by atoms with Gasteiger partial charge in [0.25, 0.3) is 5.91 Å². The highest BCUT2D eigenvalue weighted by molar-refractivity contribution is 9.10. The highest BCUT2D eigenvalue weighted by Gasteiger charge is 2.22. The lowest BCUT2D eigenvalue weighted by atomic mass is 10.2. The smallest absolute Gasteiger partial charge is 0.261 e. The van der Waals surface area contributed by atoms with Gasteiger partial charge in [0.1, 0.15) is 22.6 Å². The van der Waals surface area contributed by atoms with Gasteiger partial charge in [-0.2, -0.15) is 0 Å². The molecule has 1 aromatic carbocycles. The van der Waals surface area contributed by atoms with Crippen LogP contribution in [0.3, 0.4) is 0 Å². The Morgan fingerprint density at radius 2 is 2.24 bits per heavy atom. The van der Waals surface area contributed by atoms with Gasteiger partial charge in [-0.1, -0.05) is 21.1 Å². The second kappa shape index (κ2) is 6.01. The van der Waals surface area contributed by atoms with Crippen LogP contribution in [-0.2, 0) is 0 Å². The van der Waals surface area contributed by atoms with E-state index >= 15 is 0 Å². The van der Waals surface area contributed by atoms with Crippen molar-refractivity contribution in [3.05, 3.63) is 45.6 Å². The largest absolute Gasteiger partial charge is 0.452 e. The second-order valence-corrected chi connectivity index (χ2v) is 7.07. The SMILES string of the molecule is Cc1oncc1C(=O)Nc1c(-c2csc(N)n2)oc2ccc(Br)cc12. The molecule has 0 spiro atoms. The summed E-state index contributed by atoms with van der Waals surface area (Å²) in [7, 11) is 0. The zero-order chi connectivity index (χ0) is 17.6. The summed E-state index contributed by atoms with van der Waals surface area (Å²) in [5, 5.41) is 9.47. The van der Waals surface area contributed by atoms with Crippen LogP contribution in [0.1, 0.15) is 16.1 Å². The fraction of sp³-hybridized carbons (Fsp3) is 0.0625. The molecule has 0 aliphatic carbocycles. The molecule has 0 aliphatic heterocycles. The molecule has 0 unspecified atom stereocenters. The van der Waals surface area contributed by atoms with Crippen molar-refractivity contribution in [2.75, 3.05) is 11.1 Å². The van der Waals surface area contributed by atoms with Crippen molar-refractivity contribution in [1.82, 2.24) is 10.1 Å². The lowest BCUT2D eigenvalue weighted by Crippen LogP contribution is -2.12. The highest BCUT2D eigenvalue weighted by Crippen LogP contribution is 2.40. The van der Waals surface area contributed by atoms with Crippen LogP contribution in [0.2, 0.25) is 0 Å². The molecule has 4 aromatic rings. The van der Waals surface area contributed by atoms with Gasteiger partial charge < -0.3 is 20.0 Å². The Morgan fingerprint density at radius 3 is 2.92 bits per heavy atom. The molecule has 3 heterocycles. The molecule has 0 atom stereocenters. The lowest BCUT2D eigenvalue weighted by Gasteiger charge is -2.04. The molecule has 0 radical (unpaired) electrons. The molecule has 0 bridgehead atoms. The van der Waals surface area contributed by atoms with E-state index in [9.17, 15) is 4.79 Å². The molecule has 7 nitrogen and oxygen atoms in total. The topological polar surface area (TPSA) is 107 Å². The number of benzene rings is 1. The first kappa shape index (κ1) is 15.9. The maximum Gasteiger partial charge on any atom is 0.261 e. The van der Waals surface area contributed by atoms with Crippen LogP contribution in [0.15, 0.2) is 43.2 Å². The molecule has 4 rings (SSSR count). The predicted octanol–water partition coefficient (Wildman–Crippen LogP) is 4.45. The number of thiazole rings is 1. The number of carbonyl (C=O) groups excluding carboxylic acids is 1. The summed E-state index contributed by atoms with van der Waals surface area (Å²) in [4.78, 5) is 16.9. The van der Waals surface area contributed by atoms with E-state index in [1.807, 2.05) is 18.2 Å². The summed E-state index contributed by atoms with van der Waals surface area (Å²) in [5.41, 5.74) is 7.80. The molecule has 3 N–H and O–H groups in total. The number of nitrogen functional groups attached to an aromatic ring is 1. The van der Waals surface area contributed by atoms with E-state index in [4.69, 9.17) is 14.7 Å². The number of carbonyl (C=O) groups is 1. The average molecular weight is 419 g/mol. The number of nitrogens with zero attached hydrogens (tertiary/aromatic N) is 2. The molecule has 9 heteroatoms. The number of hydrogen-bond donors (Lipinski definition) is 2. The van der Waals surface area contributed by atoms with Gasteiger partial charge in [0.15, 0.2) is 10.9 Å². The molecule has 3 aromatic heterocycles. The minimum Gasteiger partial charge on any atom is -0.452 e. The van der Waals surface area contributed by atoms with Crippen LogP contribution in [0.4, 0.5) is 10.8 Å². The van der Waals surface area contributed by atoms with Crippen LogP contribution in [0, 0.1) is 6.92 Å². The molecule has 0 aliphatic rings. The summed E-state index contributed by atoms with van der Waals surface area (Å²) < 4.78 is 11.7. The fourth-order valence-corrected chi connectivity index (χ4v) is 3.37. The number of halogens is 1. The number of nitrogens with one attached hydrogen (secondary N) is 1. The standard InChI is InChI=1S/C16H11BrN4O3S/c1-7-10(5-19-24-7)15(22)21-13-9-4-8(17)2-3-12(9)23-14(13)11-6-25-16(18)20-11/h2-6H,1H3,(H2,18,20)(H,21,22). The molecule has 0 saturated carbocycles. The quantitative estimate of drug-likeness (QED) is 0.508. The number of furan rings is 1. The van der Waals surface area contributed by atoms with E-state index in [0.29, 0.717) is 39.2 Å². The summed E-state index contributed by atoms with van der Waals surface area (Å²) in [5.74, 6) is 0.542. The molecular formula is C16H11BrN4O3S. The first-order chi connectivity index (χ1) is 12.0. The summed E-state index contributed by atoms with van der Waals surface area (Å²) >= 11 is 4.74. The number of rotatable bonds is 3. The van der Waals surface area contributed by atoms with Crippen molar-refractivity contribution in [3.8, 4) is 11.5 Å². The van der Waals surface area contributed by atoms with Crippen LogP contribution in [-0.4, -0.2) is 16.0 Å². The van der Waals surface area contributed by atoms with Crippen molar-refractivity contribution in [1.29, 1.82) is 0 Å². The van der Waals surface area contributed by atoms with Crippen molar-refractivity contribution in [3.63, 3.8) is 0 Å². The van der Waals surface area contributed by atoms with Gasteiger partial charge in [0, 0.05) is 15.2 Å². The van der Waals surface area contributed by atoms with Gasteiger partial charge in [-0.05, 0) is 25.1 Å². The fourth-order valence-electron chi connectivity index (χ4n) is 2.46. The highest BCUT2D eigenvalue weighted by atomic mass is 79.9. The third-order valence-corrected chi connectivity index (χ3v) is 4.81. The molecule has 0 fully saturated rings. The number of anilines is 2. The summed E-state index contributed by atoms with van der Waals surface area (Å²) in [6, 6.07) is 5.55. The molecule has 0 saturated heterocycles. The maximum atomic E-state index is 12.6. The van der Waals surface area contributed by atoms with Crippen LogP contribution < -0.4 is 11.1 Å². The van der Waals surface area contributed by atoms with E-state index in [0.717, 1.165) is 9.86 Å². The van der Waals surface area contributed by atoms with Crippen molar-refractivity contribution in [2.24, 2.45) is 0 Å². The van der Waals surface area contributed by atoms with E-state index in [-0.39, 0.29) is 5.91 Å². The molecule has 126 valence electrons. The normalized spacial score (nSPS) is 11.1. The van der Waals surface area contributed by atoms with E-state index < -0.39 is 0 Å². The number of amides is 1. The lowest BCUT2D eigenvalue weighted by molar-refractivity contribution is 0.102. The van der Waals surface area contributed by atoms with Gasteiger partial charge in [0.05, 0.1) is 11.9 Å². The van der Waals surface area contributed by atoms with Gasteiger partial charge in [-0.15, -0.1) is 11.3 Å². The minimum atomic E-state index is -0.342. The zero-order valence-electron chi connectivity index (χ0n) is 12.9. The van der Waals surface area contributed by atoms with Gasteiger partial charge >= 0.3 is 0 Å².